The second kappa shape index (κ2) is 9.96. The molecule has 0 aliphatic carbocycles. The van der Waals surface area contributed by atoms with Gasteiger partial charge in [0.05, 0.1) is 0 Å². The first-order valence-electron chi connectivity index (χ1n) is 8.63. The minimum atomic E-state index is -3.22. The molecule has 0 aliphatic rings. The second-order valence-corrected chi connectivity index (χ2v) is 7.27. The number of hydrogen-bond acceptors (Lipinski definition) is 5. The molecule has 2 aromatic rings. The van der Waals surface area contributed by atoms with Gasteiger partial charge < -0.3 is 10.6 Å². The average molecular weight is 435 g/mol. The van der Waals surface area contributed by atoms with Crippen LogP contribution in [0.4, 0.5) is 8.78 Å². The Bertz CT molecular complexity index is 968. The fourth-order valence-electron chi connectivity index (χ4n) is 2.58. The van der Waals surface area contributed by atoms with Crippen LogP contribution in [0, 0.1) is 11.8 Å². The number of alkyl halides is 2. The molecule has 0 radical (unpaired) electrons. The lowest BCUT2D eigenvalue weighted by Crippen LogP contribution is -2.68. The summed E-state index contributed by atoms with van der Waals surface area (Å²) in [4.78, 5) is 35.9. The molecular formula is C20H19F2N3O4S. The smallest absolute Gasteiger partial charge is 0.268 e. The molecule has 0 fully saturated rings. The molecule has 1 heterocycles. The Kier molecular flexibility index (Phi) is 7.63. The van der Waals surface area contributed by atoms with Crippen LogP contribution in [-0.4, -0.2) is 40.9 Å². The molecule has 30 heavy (non-hydrogen) atoms. The number of hydroxylamine groups is 1. The standard InChI is InChI=1S/C20H19F2N3O4S/c1-12(26)24-20(2,19(21)22)16(18(28)25-29)23-17(27)15-7-5-13(6-8-15)3-4-14-9-10-30-11-14/h5-11,16,19,29H,1-2H3,(H,23,27)(H,24,26)(H,25,28)/t16-,20?/m1/s1. The van der Waals surface area contributed by atoms with Crippen molar-refractivity contribution in [3.05, 3.63) is 57.8 Å². The Morgan fingerprint density at radius 3 is 2.23 bits per heavy atom. The molecule has 158 valence electrons. The van der Waals surface area contributed by atoms with Crippen LogP contribution in [0.25, 0.3) is 0 Å². The fourth-order valence-corrected chi connectivity index (χ4v) is 3.17. The van der Waals surface area contributed by atoms with Gasteiger partial charge in [-0.2, -0.15) is 11.3 Å². The second-order valence-electron chi connectivity index (χ2n) is 6.49. The van der Waals surface area contributed by atoms with E-state index >= 15 is 0 Å². The molecule has 1 aromatic heterocycles. The topological polar surface area (TPSA) is 108 Å². The van der Waals surface area contributed by atoms with Crippen molar-refractivity contribution in [2.45, 2.75) is 31.9 Å². The SMILES string of the molecule is CC(=O)NC(C)(C(F)F)[C@H](NC(=O)c1ccc(C#Cc2ccsc2)cc1)C(=O)NO. The van der Waals surface area contributed by atoms with Crippen LogP contribution in [0.15, 0.2) is 41.1 Å². The van der Waals surface area contributed by atoms with Crippen LogP contribution in [-0.2, 0) is 9.59 Å². The molecular weight excluding hydrogens is 416 g/mol. The quantitative estimate of drug-likeness (QED) is 0.316. The highest BCUT2D eigenvalue weighted by molar-refractivity contribution is 7.08. The first-order valence-corrected chi connectivity index (χ1v) is 9.57. The average Bonchev–Trinajstić information content (AvgIpc) is 3.23. The van der Waals surface area contributed by atoms with Gasteiger partial charge in [-0.25, -0.2) is 14.3 Å². The number of benzene rings is 1. The number of amides is 3. The number of halogens is 2. The van der Waals surface area contributed by atoms with Crippen molar-refractivity contribution in [2.24, 2.45) is 0 Å². The van der Waals surface area contributed by atoms with E-state index < -0.39 is 35.7 Å². The molecule has 0 aliphatic heterocycles. The van der Waals surface area contributed by atoms with Crippen molar-refractivity contribution < 1.29 is 28.4 Å². The molecule has 0 saturated heterocycles. The Balaban J connectivity index is 2.22. The highest BCUT2D eigenvalue weighted by Gasteiger charge is 2.48. The van der Waals surface area contributed by atoms with Gasteiger partial charge in [0, 0.05) is 29.0 Å². The summed E-state index contributed by atoms with van der Waals surface area (Å²) in [5.74, 6) is 2.88. The van der Waals surface area contributed by atoms with Gasteiger partial charge in [0.2, 0.25) is 5.91 Å². The van der Waals surface area contributed by atoms with Crippen LogP contribution in [0.2, 0.25) is 0 Å². The third-order valence-corrected chi connectivity index (χ3v) is 4.85. The van der Waals surface area contributed by atoms with E-state index in [1.807, 2.05) is 22.1 Å². The van der Waals surface area contributed by atoms with Gasteiger partial charge >= 0.3 is 0 Å². The summed E-state index contributed by atoms with van der Waals surface area (Å²) in [6.45, 7) is 1.88. The maximum Gasteiger partial charge on any atom is 0.268 e. The lowest BCUT2D eigenvalue weighted by Gasteiger charge is -2.36. The molecule has 4 N–H and O–H groups in total. The van der Waals surface area contributed by atoms with E-state index in [1.54, 1.807) is 12.1 Å². The third-order valence-electron chi connectivity index (χ3n) is 4.17. The summed E-state index contributed by atoms with van der Waals surface area (Å²) in [6.07, 6.45) is -3.22. The summed E-state index contributed by atoms with van der Waals surface area (Å²) in [5.41, 5.74) is 0.330. The van der Waals surface area contributed by atoms with Gasteiger partial charge in [0.1, 0.15) is 11.6 Å². The number of nitrogens with one attached hydrogen (secondary N) is 3. The van der Waals surface area contributed by atoms with Gasteiger partial charge in [-0.05, 0) is 42.6 Å². The molecule has 2 rings (SSSR count). The predicted molar refractivity (Wildman–Crippen MR) is 106 cm³/mol. The summed E-state index contributed by atoms with van der Waals surface area (Å²) >= 11 is 1.51. The summed E-state index contributed by atoms with van der Waals surface area (Å²) in [6, 6.07) is 5.88. The molecule has 0 bridgehead atoms. The van der Waals surface area contributed by atoms with Crippen molar-refractivity contribution in [3.63, 3.8) is 0 Å². The van der Waals surface area contributed by atoms with E-state index in [0.717, 1.165) is 19.4 Å². The van der Waals surface area contributed by atoms with Crippen LogP contribution in [0.3, 0.4) is 0 Å². The van der Waals surface area contributed by atoms with Crippen molar-refractivity contribution in [3.8, 4) is 11.8 Å². The maximum atomic E-state index is 13.7. The van der Waals surface area contributed by atoms with Crippen LogP contribution >= 0.6 is 11.3 Å². The molecule has 1 aromatic carbocycles. The van der Waals surface area contributed by atoms with E-state index in [9.17, 15) is 23.2 Å². The Labute approximate surface area is 175 Å². The van der Waals surface area contributed by atoms with Crippen LogP contribution in [0.5, 0.6) is 0 Å². The van der Waals surface area contributed by atoms with Crippen molar-refractivity contribution in [1.82, 2.24) is 16.1 Å². The maximum absolute atomic E-state index is 13.7. The Hall–Kier alpha value is -3.29. The number of carbonyl (C=O) groups excluding carboxylic acids is 3. The Morgan fingerprint density at radius 1 is 1.10 bits per heavy atom. The number of hydrogen-bond donors (Lipinski definition) is 4. The van der Waals surface area contributed by atoms with Crippen LogP contribution in [0.1, 0.15) is 35.3 Å². The van der Waals surface area contributed by atoms with Gasteiger partial charge in [0.25, 0.3) is 18.2 Å². The zero-order valence-corrected chi connectivity index (χ0v) is 16.8. The molecule has 7 nitrogen and oxygen atoms in total. The van der Waals surface area contributed by atoms with Gasteiger partial charge in [0.15, 0.2) is 0 Å². The molecule has 10 heteroatoms. The summed E-state index contributed by atoms with van der Waals surface area (Å²) in [7, 11) is 0. The van der Waals surface area contributed by atoms with E-state index in [4.69, 9.17) is 5.21 Å². The monoisotopic (exact) mass is 435 g/mol. The lowest BCUT2D eigenvalue weighted by molar-refractivity contribution is -0.137. The number of rotatable bonds is 6. The molecule has 2 atom stereocenters. The highest BCUT2D eigenvalue weighted by Crippen LogP contribution is 2.21. The third kappa shape index (κ3) is 5.62. The van der Waals surface area contributed by atoms with E-state index in [-0.39, 0.29) is 5.56 Å². The van der Waals surface area contributed by atoms with Crippen LogP contribution < -0.4 is 16.1 Å². The normalized spacial score (nSPS) is 13.4. The lowest BCUT2D eigenvalue weighted by atomic mass is 9.91. The molecule has 1 unspecified atom stereocenters. The fraction of sp³-hybridized carbons (Fsp3) is 0.250. The Morgan fingerprint density at radius 2 is 1.73 bits per heavy atom. The van der Waals surface area contributed by atoms with Crippen molar-refractivity contribution in [1.29, 1.82) is 0 Å². The summed E-state index contributed by atoms with van der Waals surface area (Å²) in [5, 5.41) is 16.8. The highest BCUT2D eigenvalue weighted by atomic mass is 32.1. The molecule has 0 saturated carbocycles. The van der Waals surface area contributed by atoms with Crippen molar-refractivity contribution in [2.75, 3.05) is 0 Å². The molecule has 0 spiro atoms. The number of carbonyl (C=O) groups is 3. The first kappa shape index (κ1) is 23.0. The van der Waals surface area contributed by atoms with Gasteiger partial charge in [-0.3, -0.25) is 19.6 Å². The van der Waals surface area contributed by atoms with Crippen molar-refractivity contribution >= 4 is 29.1 Å². The van der Waals surface area contributed by atoms with E-state index in [2.05, 4.69) is 17.2 Å². The number of thiophene rings is 1. The molecule has 3 amide bonds. The first-order chi connectivity index (χ1) is 14.2. The largest absolute Gasteiger partial charge is 0.343 e. The van der Waals surface area contributed by atoms with Gasteiger partial charge in [-0.1, -0.05) is 11.8 Å². The predicted octanol–water partition coefficient (Wildman–Crippen LogP) is 1.91. The zero-order chi connectivity index (χ0) is 22.3. The minimum Gasteiger partial charge on any atom is -0.343 e. The van der Waals surface area contributed by atoms with E-state index in [1.165, 1.54) is 28.9 Å². The minimum absolute atomic E-state index is 0.0752. The summed E-state index contributed by atoms with van der Waals surface area (Å²) < 4.78 is 27.3. The van der Waals surface area contributed by atoms with Gasteiger partial charge in [-0.15, -0.1) is 0 Å². The van der Waals surface area contributed by atoms with E-state index in [0.29, 0.717) is 5.56 Å². The zero-order valence-electron chi connectivity index (χ0n) is 16.0.